The number of benzene rings is 2. The fourth-order valence-electron chi connectivity index (χ4n) is 5.56. The van der Waals surface area contributed by atoms with Gasteiger partial charge >= 0.3 is 0 Å². The third-order valence-electron chi connectivity index (χ3n) is 7.93. The molecule has 33 heavy (non-hydrogen) atoms. The van der Waals surface area contributed by atoms with Crippen molar-refractivity contribution in [3.8, 4) is 17.2 Å². The highest BCUT2D eigenvalue weighted by Crippen LogP contribution is 2.45. The van der Waals surface area contributed by atoms with Crippen LogP contribution in [0.15, 0.2) is 48.5 Å². The monoisotopic (exact) mass is 443 g/mol. The first-order chi connectivity index (χ1) is 16.2. The molecular formula is C32H45N. The molecule has 0 unspecified atom stereocenters. The summed E-state index contributed by atoms with van der Waals surface area (Å²) in [6.07, 6.45) is 18.5. The van der Waals surface area contributed by atoms with Crippen molar-refractivity contribution in [1.29, 1.82) is 5.26 Å². The van der Waals surface area contributed by atoms with Gasteiger partial charge in [-0.25, -0.2) is 0 Å². The molecule has 1 saturated carbocycles. The lowest BCUT2D eigenvalue weighted by Crippen LogP contribution is -2.25. The Balaban J connectivity index is 1.50. The Labute approximate surface area is 203 Å². The van der Waals surface area contributed by atoms with Crippen LogP contribution in [0.2, 0.25) is 0 Å². The average molecular weight is 444 g/mol. The highest BCUT2D eigenvalue weighted by atomic mass is 14.4. The molecule has 1 nitrogen and oxygen atoms in total. The zero-order valence-electron chi connectivity index (χ0n) is 21.2. The lowest BCUT2D eigenvalue weighted by molar-refractivity contribution is 0.223. The van der Waals surface area contributed by atoms with Crippen LogP contribution < -0.4 is 0 Å². The SMILES string of the molecule is CCCCCCC[C@]1(C#N)CC[C@H](c2ccc(-c3ccc(CCCCCC)cc3)cc2)CC1. The van der Waals surface area contributed by atoms with Crippen LogP contribution in [0.25, 0.3) is 11.1 Å². The minimum atomic E-state index is -0.0546. The molecule has 0 amide bonds. The molecule has 0 aliphatic heterocycles. The molecule has 1 heteroatoms. The van der Waals surface area contributed by atoms with Crippen molar-refractivity contribution in [1.82, 2.24) is 0 Å². The minimum absolute atomic E-state index is 0.0546. The molecule has 1 aliphatic carbocycles. The molecule has 0 aromatic heterocycles. The summed E-state index contributed by atoms with van der Waals surface area (Å²) in [5.74, 6) is 0.617. The fourth-order valence-corrected chi connectivity index (χ4v) is 5.56. The number of hydrogen-bond donors (Lipinski definition) is 0. The summed E-state index contributed by atoms with van der Waals surface area (Å²) >= 11 is 0. The normalized spacial score (nSPS) is 20.5. The van der Waals surface area contributed by atoms with E-state index in [1.807, 2.05) is 0 Å². The van der Waals surface area contributed by atoms with Crippen molar-refractivity contribution in [3.05, 3.63) is 59.7 Å². The van der Waals surface area contributed by atoms with Crippen molar-refractivity contribution in [2.45, 2.75) is 116 Å². The fraction of sp³-hybridized carbons (Fsp3) is 0.594. The number of nitriles is 1. The molecule has 0 spiro atoms. The smallest absolute Gasteiger partial charge is 0.0689 e. The van der Waals surface area contributed by atoms with Gasteiger partial charge in [0.1, 0.15) is 0 Å². The highest BCUT2D eigenvalue weighted by molar-refractivity contribution is 5.64. The van der Waals surface area contributed by atoms with Gasteiger partial charge < -0.3 is 0 Å². The number of rotatable bonds is 13. The largest absolute Gasteiger partial charge is 0.198 e. The van der Waals surface area contributed by atoms with Crippen molar-refractivity contribution in [3.63, 3.8) is 0 Å². The van der Waals surface area contributed by atoms with E-state index in [0.717, 1.165) is 32.1 Å². The number of nitrogens with zero attached hydrogens (tertiary/aromatic N) is 1. The average Bonchev–Trinajstić information content (AvgIpc) is 2.87. The molecule has 3 rings (SSSR count). The summed E-state index contributed by atoms with van der Waals surface area (Å²) in [6, 6.07) is 21.2. The quantitative estimate of drug-likeness (QED) is 0.282. The molecule has 0 bridgehead atoms. The van der Waals surface area contributed by atoms with E-state index in [2.05, 4.69) is 68.4 Å². The van der Waals surface area contributed by atoms with Gasteiger partial charge in [0.2, 0.25) is 0 Å². The van der Waals surface area contributed by atoms with E-state index in [-0.39, 0.29) is 5.41 Å². The summed E-state index contributed by atoms with van der Waals surface area (Å²) in [5.41, 5.74) is 5.49. The number of unbranched alkanes of at least 4 members (excludes halogenated alkanes) is 7. The van der Waals surface area contributed by atoms with E-state index < -0.39 is 0 Å². The van der Waals surface area contributed by atoms with E-state index in [1.165, 1.54) is 86.5 Å². The van der Waals surface area contributed by atoms with Crippen LogP contribution in [0.4, 0.5) is 0 Å². The minimum Gasteiger partial charge on any atom is -0.198 e. The second kappa shape index (κ2) is 13.6. The van der Waals surface area contributed by atoms with Crippen LogP contribution in [-0.4, -0.2) is 0 Å². The van der Waals surface area contributed by atoms with Gasteiger partial charge in [-0.15, -0.1) is 0 Å². The van der Waals surface area contributed by atoms with Gasteiger partial charge in [-0.2, -0.15) is 5.26 Å². The summed E-state index contributed by atoms with van der Waals surface area (Å²) in [4.78, 5) is 0. The van der Waals surface area contributed by atoms with Gasteiger partial charge in [0.25, 0.3) is 0 Å². The van der Waals surface area contributed by atoms with Gasteiger partial charge in [-0.1, -0.05) is 114 Å². The van der Waals surface area contributed by atoms with Crippen LogP contribution in [0, 0.1) is 16.7 Å². The molecule has 0 N–H and O–H groups in total. The number of hydrogen-bond acceptors (Lipinski definition) is 1. The maximum absolute atomic E-state index is 9.90. The van der Waals surface area contributed by atoms with Gasteiger partial charge in [-0.3, -0.25) is 0 Å². The first kappa shape index (κ1) is 25.6. The van der Waals surface area contributed by atoms with Gasteiger partial charge in [0.05, 0.1) is 11.5 Å². The summed E-state index contributed by atoms with van der Waals surface area (Å²) < 4.78 is 0. The van der Waals surface area contributed by atoms with Gasteiger partial charge in [0.15, 0.2) is 0 Å². The van der Waals surface area contributed by atoms with Crippen LogP contribution in [-0.2, 0) is 6.42 Å². The van der Waals surface area contributed by atoms with Crippen LogP contribution >= 0.6 is 0 Å². The molecule has 178 valence electrons. The van der Waals surface area contributed by atoms with Gasteiger partial charge in [-0.05, 0) is 73.1 Å². The summed E-state index contributed by atoms with van der Waals surface area (Å²) in [5, 5.41) is 9.90. The second-order valence-corrected chi connectivity index (χ2v) is 10.5. The van der Waals surface area contributed by atoms with E-state index in [0.29, 0.717) is 5.92 Å². The second-order valence-electron chi connectivity index (χ2n) is 10.5. The van der Waals surface area contributed by atoms with E-state index in [1.54, 1.807) is 0 Å². The van der Waals surface area contributed by atoms with Gasteiger partial charge in [0, 0.05) is 0 Å². The molecule has 2 aromatic carbocycles. The molecule has 0 heterocycles. The van der Waals surface area contributed by atoms with Crippen molar-refractivity contribution >= 4 is 0 Å². The molecule has 1 aliphatic rings. The standard InChI is InChI=1S/C32H45N/c1-3-5-7-9-11-23-32(26-33)24-21-31(22-25-32)30-19-17-29(18-20-30)28-15-13-27(14-16-28)12-10-8-6-4-2/h13-20,31H,3-12,21-25H2,1-2H3/t31-,32-. The Morgan fingerprint density at radius 2 is 1.27 bits per heavy atom. The summed E-state index contributed by atoms with van der Waals surface area (Å²) in [7, 11) is 0. The predicted octanol–water partition coefficient (Wildman–Crippen LogP) is 10.0. The zero-order valence-corrected chi connectivity index (χ0v) is 21.2. The third kappa shape index (κ3) is 7.74. The Kier molecular flexibility index (Phi) is 10.5. The molecular weight excluding hydrogens is 398 g/mol. The number of aryl methyl sites for hydroxylation is 1. The Hall–Kier alpha value is -2.07. The van der Waals surface area contributed by atoms with Crippen LogP contribution in [0.5, 0.6) is 0 Å². The Bertz CT molecular complexity index is 832. The lowest BCUT2D eigenvalue weighted by atomic mass is 9.67. The Morgan fingerprint density at radius 1 is 0.727 bits per heavy atom. The van der Waals surface area contributed by atoms with E-state index >= 15 is 0 Å². The third-order valence-corrected chi connectivity index (χ3v) is 7.93. The molecule has 0 saturated heterocycles. The van der Waals surface area contributed by atoms with Crippen molar-refractivity contribution in [2.24, 2.45) is 5.41 Å². The lowest BCUT2D eigenvalue weighted by Gasteiger charge is -2.35. The van der Waals surface area contributed by atoms with Crippen molar-refractivity contribution < 1.29 is 0 Å². The molecule has 0 atom stereocenters. The molecule has 0 radical (unpaired) electrons. The Morgan fingerprint density at radius 3 is 1.85 bits per heavy atom. The maximum Gasteiger partial charge on any atom is 0.0689 e. The topological polar surface area (TPSA) is 23.8 Å². The first-order valence-corrected chi connectivity index (χ1v) is 13.8. The first-order valence-electron chi connectivity index (χ1n) is 13.8. The summed E-state index contributed by atoms with van der Waals surface area (Å²) in [6.45, 7) is 4.53. The van der Waals surface area contributed by atoms with Crippen LogP contribution in [0.3, 0.4) is 0 Å². The maximum atomic E-state index is 9.90. The van der Waals surface area contributed by atoms with Crippen molar-refractivity contribution in [2.75, 3.05) is 0 Å². The van der Waals surface area contributed by atoms with E-state index in [9.17, 15) is 5.26 Å². The predicted molar refractivity (Wildman–Crippen MR) is 142 cm³/mol. The van der Waals surface area contributed by atoms with Crippen LogP contribution in [0.1, 0.15) is 121 Å². The highest BCUT2D eigenvalue weighted by Gasteiger charge is 2.35. The molecule has 2 aromatic rings. The zero-order chi connectivity index (χ0) is 23.4. The van der Waals surface area contributed by atoms with E-state index in [4.69, 9.17) is 0 Å². The molecule has 1 fully saturated rings.